The van der Waals surface area contributed by atoms with E-state index in [-0.39, 0.29) is 11.3 Å². The van der Waals surface area contributed by atoms with Gasteiger partial charge in [-0.05, 0) is 26.0 Å². The van der Waals surface area contributed by atoms with E-state index in [2.05, 4.69) is 4.94 Å². The van der Waals surface area contributed by atoms with Crippen LogP contribution >= 0.6 is 0 Å². The second kappa shape index (κ2) is 6.07. The first-order valence-electron chi connectivity index (χ1n) is 4.89. The van der Waals surface area contributed by atoms with E-state index in [1.165, 1.54) is 6.07 Å². The highest BCUT2D eigenvalue weighted by molar-refractivity contribution is 5.92. The van der Waals surface area contributed by atoms with Crippen LogP contribution in [0.5, 0.6) is 5.75 Å². The molecule has 4 nitrogen and oxygen atoms in total. The average molecular weight is 228 g/mol. The van der Waals surface area contributed by atoms with Gasteiger partial charge in [-0.25, -0.2) is 9.74 Å². The molecule has 0 aliphatic heterocycles. The first-order chi connectivity index (χ1) is 7.69. The van der Waals surface area contributed by atoms with E-state index < -0.39 is 12.3 Å². The third kappa shape index (κ3) is 3.20. The van der Waals surface area contributed by atoms with E-state index in [0.717, 1.165) is 0 Å². The van der Waals surface area contributed by atoms with Gasteiger partial charge in [-0.1, -0.05) is 12.1 Å². The van der Waals surface area contributed by atoms with Crippen LogP contribution in [0.2, 0.25) is 0 Å². The van der Waals surface area contributed by atoms with Crippen LogP contribution in [0.25, 0.3) is 0 Å². The summed E-state index contributed by atoms with van der Waals surface area (Å²) in [7, 11) is 0. The molecular weight excluding hydrogens is 215 g/mol. The van der Waals surface area contributed by atoms with Crippen molar-refractivity contribution in [2.24, 2.45) is 0 Å². The molecule has 16 heavy (non-hydrogen) atoms. The molecule has 1 unspecified atom stereocenters. The van der Waals surface area contributed by atoms with E-state index in [4.69, 9.17) is 9.47 Å². The zero-order valence-electron chi connectivity index (χ0n) is 9.10. The van der Waals surface area contributed by atoms with E-state index in [1.807, 2.05) is 6.92 Å². The Labute approximate surface area is 92.8 Å². The number of rotatable bonds is 5. The van der Waals surface area contributed by atoms with Crippen LogP contribution in [0.4, 0.5) is 4.53 Å². The standard InChI is InChI=1S/C11H13FO4/c1-3-14-8(2)15-10-7-5-4-6-9(10)11(13)16-12/h4-8H,3H2,1-2H3. The summed E-state index contributed by atoms with van der Waals surface area (Å²) in [6, 6.07) is 6.21. The molecule has 0 aliphatic rings. The van der Waals surface area contributed by atoms with Crippen LogP contribution in [-0.4, -0.2) is 18.9 Å². The fraction of sp³-hybridized carbons (Fsp3) is 0.364. The van der Waals surface area contributed by atoms with E-state index in [0.29, 0.717) is 6.61 Å². The van der Waals surface area contributed by atoms with Gasteiger partial charge >= 0.3 is 5.97 Å². The fourth-order valence-electron chi connectivity index (χ4n) is 1.23. The van der Waals surface area contributed by atoms with E-state index >= 15 is 0 Å². The van der Waals surface area contributed by atoms with E-state index in [9.17, 15) is 9.32 Å². The van der Waals surface area contributed by atoms with Gasteiger partial charge in [-0.15, -0.1) is 0 Å². The number of ether oxygens (including phenoxy) is 2. The Kier molecular flexibility index (Phi) is 4.72. The van der Waals surface area contributed by atoms with Crippen LogP contribution in [0.1, 0.15) is 24.2 Å². The number of carbonyl (C=O) groups is 1. The third-order valence-electron chi connectivity index (χ3n) is 1.87. The molecule has 0 aliphatic carbocycles. The Morgan fingerprint density at radius 1 is 1.44 bits per heavy atom. The summed E-state index contributed by atoms with van der Waals surface area (Å²) in [5.74, 6) is -0.856. The molecule has 0 fully saturated rings. The smallest absolute Gasteiger partial charge is 0.383 e. The highest BCUT2D eigenvalue weighted by atomic mass is 19.3. The van der Waals surface area contributed by atoms with Gasteiger partial charge < -0.3 is 9.47 Å². The largest absolute Gasteiger partial charge is 0.464 e. The van der Waals surface area contributed by atoms with Crippen molar-refractivity contribution < 1.29 is 23.7 Å². The molecule has 1 rings (SSSR count). The predicted octanol–water partition coefficient (Wildman–Crippen LogP) is 2.49. The van der Waals surface area contributed by atoms with Crippen molar-refractivity contribution in [2.75, 3.05) is 6.61 Å². The van der Waals surface area contributed by atoms with Gasteiger partial charge in [-0.2, -0.15) is 0 Å². The number of hydrogen-bond donors (Lipinski definition) is 0. The van der Waals surface area contributed by atoms with Crippen molar-refractivity contribution in [3.63, 3.8) is 0 Å². The monoisotopic (exact) mass is 228 g/mol. The maximum atomic E-state index is 11.8. The van der Waals surface area contributed by atoms with Crippen molar-refractivity contribution in [3.8, 4) is 5.75 Å². The minimum atomic E-state index is -1.08. The minimum Gasteiger partial charge on any atom is -0.464 e. The predicted molar refractivity (Wildman–Crippen MR) is 54.7 cm³/mol. The summed E-state index contributed by atoms with van der Waals surface area (Å²) < 4.78 is 22.3. The lowest BCUT2D eigenvalue weighted by atomic mass is 10.2. The normalized spacial score (nSPS) is 11.9. The Balaban J connectivity index is 2.82. The lowest BCUT2D eigenvalue weighted by Gasteiger charge is -2.15. The van der Waals surface area contributed by atoms with Crippen LogP contribution in [0.15, 0.2) is 24.3 Å². The van der Waals surface area contributed by atoms with Gasteiger partial charge in [0.1, 0.15) is 11.3 Å². The van der Waals surface area contributed by atoms with Crippen LogP contribution in [0.3, 0.4) is 0 Å². The number of para-hydroxylation sites is 1. The average Bonchev–Trinajstić information content (AvgIpc) is 2.29. The highest BCUT2D eigenvalue weighted by Crippen LogP contribution is 2.20. The summed E-state index contributed by atoms with van der Waals surface area (Å²) in [5, 5.41) is 0. The SMILES string of the molecule is CCOC(C)Oc1ccccc1C(=O)OF. The summed E-state index contributed by atoms with van der Waals surface area (Å²) in [6.07, 6.45) is -0.515. The molecule has 0 saturated carbocycles. The molecule has 0 aromatic heterocycles. The quantitative estimate of drug-likeness (QED) is 0.726. The van der Waals surface area contributed by atoms with Gasteiger partial charge in [0, 0.05) is 11.1 Å². The van der Waals surface area contributed by atoms with Crippen LogP contribution in [0, 0.1) is 0 Å². The molecule has 0 radical (unpaired) electrons. The lowest BCUT2D eigenvalue weighted by molar-refractivity contribution is -0.0810. The Morgan fingerprint density at radius 3 is 2.75 bits per heavy atom. The molecule has 0 N–H and O–H groups in total. The molecule has 0 amide bonds. The lowest BCUT2D eigenvalue weighted by Crippen LogP contribution is -2.17. The van der Waals surface area contributed by atoms with Crippen molar-refractivity contribution in [3.05, 3.63) is 29.8 Å². The van der Waals surface area contributed by atoms with Gasteiger partial charge in [0.15, 0.2) is 6.29 Å². The van der Waals surface area contributed by atoms with Crippen LogP contribution in [-0.2, 0) is 9.68 Å². The maximum Gasteiger partial charge on any atom is 0.383 e. The number of carbonyl (C=O) groups excluding carboxylic acids is 1. The van der Waals surface area contributed by atoms with Crippen molar-refractivity contribution in [1.82, 2.24) is 0 Å². The molecule has 0 saturated heterocycles. The Hall–Kier alpha value is -1.62. The first-order valence-corrected chi connectivity index (χ1v) is 4.89. The molecule has 0 spiro atoms. The topological polar surface area (TPSA) is 44.8 Å². The molecule has 1 aromatic carbocycles. The fourth-order valence-corrected chi connectivity index (χ4v) is 1.23. The van der Waals surface area contributed by atoms with Gasteiger partial charge in [-0.3, -0.25) is 0 Å². The maximum absolute atomic E-state index is 11.8. The summed E-state index contributed by atoms with van der Waals surface area (Å²) in [6.45, 7) is 3.99. The molecule has 0 bridgehead atoms. The number of hydrogen-bond acceptors (Lipinski definition) is 4. The Bertz CT molecular complexity index is 354. The van der Waals surface area contributed by atoms with Gasteiger partial charge in [0.05, 0.1) is 0 Å². The third-order valence-corrected chi connectivity index (χ3v) is 1.87. The molecule has 5 heteroatoms. The highest BCUT2D eigenvalue weighted by Gasteiger charge is 2.15. The molecule has 0 heterocycles. The van der Waals surface area contributed by atoms with Gasteiger partial charge in [0.2, 0.25) is 0 Å². The second-order valence-electron chi connectivity index (χ2n) is 3.00. The number of benzene rings is 1. The summed E-state index contributed by atoms with van der Waals surface area (Å²) in [5.41, 5.74) is 0.0246. The minimum absolute atomic E-state index is 0.0246. The van der Waals surface area contributed by atoms with E-state index in [1.54, 1.807) is 25.1 Å². The first kappa shape index (κ1) is 12.4. The number of halogens is 1. The molecule has 88 valence electrons. The molecule has 1 aromatic rings. The summed E-state index contributed by atoms with van der Waals surface area (Å²) >= 11 is 0. The molecule has 1 atom stereocenters. The van der Waals surface area contributed by atoms with Crippen molar-refractivity contribution >= 4 is 5.97 Å². The van der Waals surface area contributed by atoms with Crippen LogP contribution < -0.4 is 4.74 Å². The van der Waals surface area contributed by atoms with Crippen molar-refractivity contribution in [2.45, 2.75) is 20.1 Å². The Morgan fingerprint density at radius 2 is 2.12 bits per heavy atom. The second-order valence-corrected chi connectivity index (χ2v) is 3.00. The zero-order chi connectivity index (χ0) is 12.0. The zero-order valence-corrected chi connectivity index (χ0v) is 9.10. The van der Waals surface area contributed by atoms with Crippen molar-refractivity contribution in [1.29, 1.82) is 0 Å². The van der Waals surface area contributed by atoms with Gasteiger partial charge in [0.25, 0.3) is 0 Å². The summed E-state index contributed by atoms with van der Waals surface area (Å²) in [4.78, 5) is 14.2. The molecular formula is C11H13FO4.